The maximum atomic E-state index is 14.8. The van der Waals surface area contributed by atoms with Crippen LogP contribution in [0.15, 0.2) is 30.6 Å². The van der Waals surface area contributed by atoms with Crippen molar-refractivity contribution in [3.63, 3.8) is 0 Å². The number of carbonyl (C=O) groups excluding carboxylic acids is 1. The van der Waals surface area contributed by atoms with Crippen LogP contribution in [0.2, 0.25) is 5.02 Å². The van der Waals surface area contributed by atoms with Gasteiger partial charge in [-0.05, 0) is 55.1 Å². The van der Waals surface area contributed by atoms with Crippen molar-refractivity contribution in [2.24, 2.45) is 17.8 Å². The Bertz CT molecular complexity index is 1430. The lowest BCUT2D eigenvalue weighted by Gasteiger charge is -2.32. The second-order valence-electron chi connectivity index (χ2n) is 11.1. The van der Waals surface area contributed by atoms with Gasteiger partial charge in [0.25, 0.3) is 5.82 Å². The van der Waals surface area contributed by atoms with Gasteiger partial charge in [0.2, 0.25) is 11.9 Å². The molecule has 1 aromatic carbocycles. The highest BCUT2D eigenvalue weighted by molar-refractivity contribution is 6.30. The van der Waals surface area contributed by atoms with Gasteiger partial charge in [-0.15, -0.1) is 5.10 Å². The number of piperidine rings is 1. The molecule has 0 bridgehead atoms. The summed E-state index contributed by atoms with van der Waals surface area (Å²) in [7, 11) is 0. The van der Waals surface area contributed by atoms with E-state index in [1.54, 1.807) is 18.5 Å². The smallest absolute Gasteiger partial charge is 0.453 e. The lowest BCUT2D eigenvalue weighted by molar-refractivity contribution is -0.145. The van der Waals surface area contributed by atoms with E-state index in [0.29, 0.717) is 35.1 Å². The molecule has 6 rings (SSSR count). The Morgan fingerprint density at radius 2 is 1.86 bits per heavy atom. The first kappa shape index (κ1) is 28.6. The Morgan fingerprint density at radius 1 is 1.10 bits per heavy atom. The van der Waals surface area contributed by atoms with E-state index in [-0.39, 0.29) is 37.4 Å². The largest absolute Gasteiger partial charge is 0.493 e. The van der Waals surface area contributed by atoms with E-state index in [9.17, 15) is 22.4 Å². The molecule has 2 fully saturated rings. The van der Waals surface area contributed by atoms with Gasteiger partial charge in [0.1, 0.15) is 17.4 Å². The van der Waals surface area contributed by atoms with Crippen LogP contribution in [0.4, 0.5) is 23.5 Å². The summed E-state index contributed by atoms with van der Waals surface area (Å²) in [5.74, 6) is 0.990. The van der Waals surface area contributed by atoms with Crippen molar-refractivity contribution in [1.82, 2.24) is 29.6 Å². The summed E-state index contributed by atoms with van der Waals surface area (Å²) in [6, 6.07) is 4.45. The van der Waals surface area contributed by atoms with Crippen molar-refractivity contribution in [2.75, 3.05) is 31.1 Å². The number of aromatic nitrogens is 5. The van der Waals surface area contributed by atoms with Gasteiger partial charge >= 0.3 is 6.18 Å². The summed E-state index contributed by atoms with van der Waals surface area (Å²) >= 11 is 5.89. The molecular formula is C28H30ClF4N7O2. The normalized spacial score (nSPS) is 20.9. The minimum absolute atomic E-state index is 0.0574. The van der Waals surface area contributed by atoms with Gasteiger partial charge in [0.15, 0.2) is 0 Å². The topological polar surface area (TPSA) is 89.3 Å². The Hall–Kier alpha value is -3.48. The van der Waals surface area contributed by atoms with Crippen molar-refractivity contribution in [2.45, 2.75) is 51.4 Å². The summed E-state index contributed by atoms with van der Waals surface area (Å²) in [6.07, 6.45) is 2.68. The van der Waals surface area contributed by atoms with Crippen LogP contribution >= 0.6 is 11.6 Å². The minimum Gasteiger partial charge on any atom is -0.493 e. The average molecular weight is 608 g/mol. The number of rotatable bonds is 8. The fourth-order valence-electron chi connectivity index (χ4n) is 6.01. The molecule has 0 spiro atoms. The van der Waals surface area contributed by atoms with Crippen LogP contribution in [0, 0.1) is 23.6 Å². The number of anilines is 1. The van der Waals surface area contributed by atoms with Crippen LogP contribution in [-0.2, 0) is 30.5 Å². The van der Waals surface area contributed by atoms with E-state index in [2.05, 4.69) is 25.0 Å². The molecule has 2 aliphatic heterocycles. The Kier molecular flexibility index (Phi) is 7.95. The molecule has 2 atom stereocenters. The molecule has 1 saturated heterocycles. The molecule has 9 nitrogen and oxygen atoms in total. The molecule has 2 aromatic heterocycles. The van der Waals surface area contributed by atoms with Gasteiger partial charge in [-0.25, -0.2) is 24.0 Å². The predicted molar refractivity (Wildman–Crippen MR) is 144 cm³/mol. The van der Waals surface area contributed by atoms with Crippen LogP contribution in [0.3, 0.4) is 0 Å². The van der Waals surface area contributed by atoms with Gasteiger partial charge in [-0.3, -0.25) is 4.79 Å². The number of carbonyl (C=O) groups is 1. The van der Waals surface area contributed by atoms with E-state index in [0.717, 1.165) is 43.0 Å². The van der Waals surface area contributed by atoms with Crippen molar-refractivity contribution in [3.05, 3.63) is 58.6 Å². The van der Waals surface area contributed by atoms with E-state index in [4.69, 9.17) is 16.3 Å². The molecule has 1 unspecified atom stereocenters. The lowest BCUT2D eigenvalue weighted by atomic mass is 9.90. The van der Waals surface area contributed by atoms with Crippen LogP contribution in [0.25, 0.3) is 0 Å². The SMILES string of the molecule is O=C(Cc1ccc(OCCC2C[C@@H]2C2CCN(c3ncc(Cl)cn3)CC2)cc1F)N1CCn2nc(C(F)(F)F)nc2C1. The molecular weight excluding hydrogens is 578 g/mol. The fourth-order valence-corrected chi connectivity index (χ4v) is 6.11. The van der Waals surface area contributed by atoms with Crippen LogP contribution in [0.1, 0.15) is 42.9 Å². The first-order valence-corrected chi connectivity index (χ1v) is 14.4. The zero-order valence-corrected chi connectivity index (χ0v) is 23.5. The third-order valence-corrected chi connectivity index (χ3v) is 8.60. The molecule has 4 heterocycles. The second-order valence-corrected chi connectivity index (χ2v) is 11.6. The highest BCUT2D eigenvalue weighted by atomic mass is 35.5. The zero-order chi connectivity index (χ0) is 29.4. The van der Waals surface area contributed by atoms with Crippen molar-refractivity contribution in [3.8, 4) is 5.75 Å². The third kappa shape index (κ3) is 6.45. The number of hydrogen-bond donors (Lipinski definition) is 0. The highest BCUT2D eigenvalue weighted by Gasteiger charge is 2.43. The number of amides is 1. The second kappa shape index (κ2) is 11.7. The van der Waals surface area contributed by atoms with Crippen LogP contribution in [-0.4, -0.2) is 61.8 Å². The van der Waals surface area contributed by atoms with Gasteiger partial charge < -0.3 is 14.5 Å². The summed E-state index contributed by atoms with van der Waals surface area (Å²) in [5.41, 5.74) is 0.202. The van der Waals surface area contributed by atoms with Crippen LogP contribution < -0.4 is 9.64 Å². The van der Waals surface area contributed by atoms with Crippen molar-refractivity contribution in [1.29, 1.82) is 0 Å². The Labute approximate surface area is 244 Å². The summed E-state index contributed by atoms with van der Waals surface area (Å²) < 4.78 is 60.5. The number of fused-ring (bicyclic) bond motifs is 1. The van der Waals surface area contributed by atoms with Crippen molar-refractivity contribution < 1.29 is 27.1 Å². The Balaban J connectivity index is 0.929. The number of ether oxygens (including phenoxy) is 1. The maximum Gasteiger partial charge on any atom is 0.453 e. The maximum absolute atomic E-state index is 14.8. The van der Waals surface area contributed by atoms with Crippen molar-refractivity contribution >= 4 is 23.5 Å². The van der Waals surface area contributed by atoms with Gasteiger partial charge in [-0.1, -0.05) is 17.7 Å². The molecule has 0 N–H and O–H groups in total. The predicted octanol–water partition coefficient (Wildman–Crippen LogP) is 4.79. The molecule has 42 heavy (non-hydrogen) atoms. The summed E-state index contributed by atoms with van der Waals surface area (Å²) in [5, 5.41) is 3.99. The van der Waals surface area contributed by atoms with Gasteiger partial charge in [0.05, 0.1) is 43.5 Å². The lowest BCUT2D eigenvalue weighted by Crippen LogP contribution is -2.39. The molecule has 224 valence electrons. The summed E-state index contributed by atoms with van der Waals surface area (Å²) in [6.45, 7) is 2.51. The monoisotopic (exact) mass is 607 g/mol. The Morgan fingerprint density at radius 3 is 2.57 bits per heavy atom. The van der Waals surface area contributed by atoms with Gasteiger partial charge in [-0.2, -0.15) is 13.2 Å². The van der Waals surface area contributed by atoms with E-state index < -0.39 is 23.7 Å². The van der Waals surface area contributed by atoms with Crippen LogP contribution in [0.5, 0.6) is 5.75 Å². The molecule has 14 heteroatoms. The molecule has 1 amide bonds. The highest BCUT2D eigenvalue weighted by Crippen LogP contribution is 2.50. The van der Waals surface area contributed by atoms with E-state index >= 15 is 0 Å². The minimum atomic E-state index is -4.65. The zero-order valence-electron chi connectivity index (χ0n) is 22.7. The number of alkyl halides is 3. The molecule has 3 aromatic rings. The number of nitrogens with zero attached hydrogens (tertiary/aromatic N) is 7. The number of hydrogen-bond acceptors (Lipinski definition) is 7. The first-order valence-electron chi connectivity index (χ1n) is 14.1. The quantitative estimate of drug-likeness (QED) is 0.340. The average Bonchev–Trinajstić information content (AvgIpc) is 3.60. The molecule has 3 aliphatic rings. The molecule has 0 radical (unpaired) electrons. The molecule has 1 saturated carbocycles. The number of benzene rings is 1. The van der Waals surface area contributed by atoms with E-state index in [1.807, 2.05) is 0 Å². The number of halogens is 5. The molecule has 1 aliphatic carbocycles. The van der Waals surface area contributed by atoms with Gasteiger partial charge in [0, 0.05) is 25.7 Å². The van der Waals surface area contributed by atoms with E-state index in [1.165, 1.54) is 23.5 Å². The third-order valence-electron chi connectivity index (χ3n) is 8.40. The fraction of sp³-hybridized carbons (Fsp3) is 0.536. The first-order chi connectivity index (χ1) is 20.1. The standard InChI is InChI=1S/C28H30ClF4N7O2/c29-20-14-34-27(35-15-20)38-6-3-17(4-7-38)22-11-18(22)5-10-42-21-2-1-19(23(30)13-21)12-25(41)39-8-9-40-24(16-39)36-26(37-40)28(31,32)33/h1-2,13-15,17-18,22H,3-12,16H2/t18?,22-/m1/s1. The summed E-state index contributed by atoms with van der Waals surface area (Å²) in [4.78, 5) is 28.5.